The van der Waals surface area contributed by atoms with E-state index in [-0.39, 0.29) is 11.7 Å². The summed E-state index contributed by atoms with van der Waals surface area (Å²) in [5.74, 6) is 0.0341. The van der Waals surface area contributed by atoms with Crippen LogP contribution in [0.4, 0.5) is 0 Å². The fourth-order valence-electron chi connectivity index (χ4n) is 3.15. The minimum atomic E-state index is -0.184. The normalized spacial score (nSPS) is 11.6. The van der Waals surface area contributed by atoms with Crippen molar-refractivity contribution < 1.29 is 4.79 Å². The van der Waals surface area contributed by atoms with Crippen molar-refractivity contribution in [3.05, 3.63) is 95.0 Å². The van der Waals surface area contributed by atoms with E-state index in [0.717, 1.165) is 21.8 Å². The Hall–Kier alpha value is -3.09. The maximum Gasteiger partial charge on any atom is 0.250 e. The van der Waals surface area contributed by atoms with Gasteiger partial charge in [0.25, 0.3) is 5.91 Å². The van der Waals surface area contributed by atoms with Gasteiger partial charge in [-0.3, -0.25) is 4.79 Å². The Balaban J connectivity index is 1.46. The highest BCUT2D eigenvalue weighted by molar-refractivity contribution is 7.99. The second-order valence-electron chi connectivity index (χ2n) is 6.98. The van der Waals surface area contributed by atoms with Crippen LogP contribution in [0.5, 0.6) is 0 Å². The number of hydrogen-bond donors (Lipinski definition) is 1. The number of fused-ring (bicyclic) bond motifs is 1. The largest absolute Gasteiger partial charge is 0.314 e. The Kier molecular flexibility index (Phi) is 6.70. The summed E-state index contributed by atoms with van der Waals surface area (Å²) in [6, 6.07) is 25.6. The molecule has 0 bridgehead atoms. The molecule has 156 valence electrons. The van der Waals surface area contributed by atoms with Gasteiger partial charge in [0.1, 0.15) is 0 Å². The lowest BCUT2D eigenvalue weighted by Crippen LogP contribution is -2.21. The summed E-state index contributed by atoms with van der Waals surface area (Å²) in [6.07, 6.45) is 0. The summed E-state index contributed by atoms with van der Waals surface area (Å²) in [5, 5.41) is 5.67. The van der Waals surface area contributed by atoms with Gasteiger partial charge in [0, 0.05) is 5.02 Å². The zero-order valence-electron chi connectivity index (χ0n) is 17.0. The van der Waals surface area contributed by atoms with Crippen molar-refractivity contribution in [2.24, 2.45) is 5.10 Å². The van der Waals surface area contributed by atoms with Crippen molar-refractivity contribution in [3.63, 3.8) is 0 Å². The van der Waals surface area contributed by atoms with Crippen molar-refractivity contribution in [1.29, 1.82) is 0 Å². The SMILES string of the molecule is C/C(=N/NC(=O)CSc1nc2ccccc2n1Cc1ccccc1)c1ccc(Cl)cc1. The van der Waals surface area contributed by atoms with Crippen LogP contribution in [0.2, 0.25) is 5.02 Å². The fourth-order valence-corrected chi connectivity index (χ4v) is 4.08. The van der Waals surface area contributed by atoms with Gasteiger partial charge >= 0.3 is 0 Å². The molecule has 1 amide bonds. The van der Waals surface area contributed by atoms with E-state index in [1.54, 1.807) is 12.1 Å². The maximum absolute atomic E-state index is 12.4. The monoisotopic (exact) mass is 448 g/mol. The highest BCUT2D eigenvalue weighted by Crippen LogP contribution is 2.25. The minimum Gasteiger partial charge on any atom is -0.314 e. The minimum absolute atomic E-state index is 0.184. The molecule has 0 atom stereocenters. The van der Waals surface area contributed by atoms with Crippen LogP contribution in [0.25, 0.3) is 11.0 Å². The van der Waals surface area contributed by atoms with E-state index in [2.05, 4.69) is 33.3 Å². The van der Waals surface area contributed by atoms with Crippen LogP contribution >= 0.6 is 23.4 Å². The van der Waals surface area contributed by atoms with E-state index in [4.69, 9.17) is 16.6 Å². The number of para-hydroxylation sites is 2. The molecule has 0 aliphatic heterocycles. The number of aromatic nitrogens is 2. The molecule has 7 heteroatoms. The molecule has 0 radical (unpaired) electrons. The van der Waals surface area contributed by atoms with Crippen molar-refractivity contribution >= 4 is 46.0 Å². The first kappa shape index (κ1) is 21.2. The number of nitrogens with zero attached hydrogens (tertiary/aromatic N) is 3. The quantitative estimate of drug-likeness (QED) is 0.235. The number of hydrazone groups is 1. The van der Waals surface area contributed by atoms with Crippen LogP contribution in [-0.4, -0.2) is 26.9 Å². The van der Waals surface area contributed by atoms with E-state index < -0.39 is 0 Å². The van der Waals surface area contributed by atoms with Crippen molar-refractivity contribution in [2.45, 2.75) is 18.6 Å². The lowest BCUT2D eigenvalue weighted by Gasteiger charge is -2.09. The summed E-state index contributed by atoms with van der Waals surface area (Å²) < 4.78 is 2.14. The highest BCUT2D eigenvalue weighted by atomic mass is 35.5. The standard InChI is InChI=1S/C24H21ClN4OS/c1-17(19-11-13-20(25)14-12-19)27-28-23(30)16-31-24-26-21-9-5-6-10-22(21)29(24)15-18-7-3-2-4-8-18/h2-14H,15-16H2,1H3,(H,28,30)/b27-17-. The van der Waals surface area contributed by atoms with Crippen molar-refractivity contribution in [3.8, 4) is 0 Å². The van der Waals surface area contributed by atoms with E-state index in [1.807, 2.05) is 55.5 Å². The third-order valence-electron chi connectivity index (χ3n) is 4.75. The average molecular weight is 449 g/mol. The zero-order valence-corrected chi connectivity index (χ0v) is 18.5. The molecule has 0 saturated carbocycles. The van der Waals surface area contributed by atoms with Crippen LogP contribution in [0.3, 0.4) is 0 Å². The molecule has 0 unspecified atom stereocenters. The van der Waals surface area contributed by atoms with E-state index in [1.165, 1.54) is 17.3 Å². The number of benzene rings is 3. The molecule has 1 N–H and O–H groups in total. The summed E-state index contributed by atoms with van der Waals surface area (Å²) in [7, 11) is 0. The van der Waals surface area contributed by atoms with Crippen molar-refractivity contribution in [1.82, 2.24) is 15.0 Å². The molecular weight excluding hydrogens is 428 g/mol. The molecule has 3 aromatic carbocycles. The summed E-state index contributed by atoms with van der Waals surface area (Å²) in [5.41, 5.74) is 7.39. The van der Waals surface area contributed by atoms with Gasteiger partial charge in [-0.25, -0.2) is 10.4 Å². The van der Waals surface area contributed by atoms with Gasteiger partial charge in [-0.15, -0.1) is 0 Å². The van der Waals surface area contributed by atoms with Crippen molar-refractivity contribution in [2.75, 3.05) is 5.75 Å². The number of rotatable bonds is 7. The Morgan fingerprint density at radius 1 is 1.03 bits per heavy atom. The van der Waals surface area contributed by atoms with Crippen LogP contribution in [0.15, 0.2) is 89.1 Å². The Morgan fingerprint density at radius 3 is 2.52 bits per heavy atom. The van der Waals surface area contributed by atoms with Gasteiger partial charge in [-0.2, -0.15) is 5.10 Å². The molecule has 0 fully saturated rings. The zero-order chi connectivity index (χ0) is 21.6. The summed E-state index contributed by atoms with van der Waals surface area (Å²) in [6.45, 7) is 2.54. The van der Waals surface area contributed by atoms with E-state index in [0.29, 0.717) is 17.3 Å². The number of carbonyl (C=O) groups excluding carboxylic acids is 1. The average Bonchev–Trinajstić information content (AvgIpc) is 3.14. The predicted molar refractivity (Wildman–Crippen MR) is 128 cm³/mol. The van der Waals surface area contributed by atoms with Gasteiger partial charge in [0.15, 0.2) is 5.16 Å². The van der Waals surface area contributed by atoms with Crippen LogP contribution in [0.1, 0.15) is 18.1 Å². The first-order valence-corrected chi connectivity index (χ1v) is 11.2. The van der Waals surface area contributed by atoms with Crippen LogP contribution < -0.4 is 5.43 Å². The molecule has 1 aromatic heterocycles. The Morgan fingerprint density at radius 2 is 1.74 bits per heavy atom. The molecular formula is C24H21ClN4OS. The predicted octanol–water partition coefficient (Wildman–Crippen LogP) is 5.37. The van der Waals surface area contributed by atoms with Gasteiger partial charge in [-0.05, 0) is 42.3 Å². The molecule has 4 rings (SSSR count). The third-order valence-corrected chi connectivity index (χ3v) is 5.97. The van der Waals surface area contributed by atoms with E-state index >= 15 is 0 Å². The lowest BCUT2D eigenvalue weighted by molar-refractivity contribution is -0.118. The molecule has 1 heterocycles. The number of nitrogens with one attached hydrogen (secondary N) is 1. The maximum atomic E-state index is 12.4. The third kappa shape index (κ3) is 5.34. The van der Waals surface area contributed by atoms with Gasteiger partial charge in [-0.1, -0.05) is 78.0 Å². The molecule has 0 aliphatic carbocycles. The number of amides is 1. The number of imidazole rings is 1. The topological polar surface area (TPSA) is 59.3 Å². The van der Waals surface area contributed by atoms with Crippen LogP contribution in [-0.2, 0) is 11.3 Å². The molecule has 31 heavy (non-hydrogen) atoms. The first-order chi connectivity index (χ1) is 15.1. The number of halogens is 1. The second-order valence-corrected chi connectivity index (χ2v) is 8.36. The molecule has 0 spiro atoms. The first-order valence-electron chi connectivity index (χ1n) is 9.81. The van der Waals surface area contributed by atoms with Gasteiger partial charge < -0.3 is 4.57 Å². The lowest BCUT2D eigenvalue weighted by atomic mass is 10.1. The summed E-state index contributed by atoms with van der Waals surface area (Å²) in [4.78, 5) is 17.1. The Bertz CT molecular complexity index is 1220. The van der Waals surface area contributed by atoms with Crippen LogP contribution in [0, 0.1) is 0 Å². The molecule has 5 nitrogen and oxygen atoms in total. The molecule has 4 aromatic rings. The van der Waals surface area contributed by atoms with Gasteiger partial charge in [0.2, 0.25) is 0 Å². The van der Waals surface area contributed by atoms with Gasteiger partial charge in [0.05, 0.1) is 29.0 Å². The number of hydrogen-bond acceptors (Lipinski definition) is 4. The number of carbonyl (C=O) groups is 1. The van der Waals surface area contributed by atoms with E-state index in [9.17, 15) is 4.79 Å². The molecule has 0 saturated heterocycles. The highest BCUT2D eigenvalue weighted by Gasteiger charge is 2.13. The smallest absolute Gasteiger partial charge is 0.250 e. The summed E-state index contributed by atoms with van der Waals surface area (Å²) >= 11 is 7.32. The molecule has 0 aliphatic rings. The Labute approximate surface area is 190 Å². The number of thioether (sulfide) groups is 1. The second kappa shape index (κ2) is 9.81. The fraction of sp³-hybridized carbons (Fsp3) is 0.125.